The Morgan fingerprint density at radius 1 is 1.39 bits per heavy atom. The van der Waals surface area contributed by atoms with E-state index in [0.717, 1.165) is 39.0 Å². The smallest absolute Gasteiger partial charge is 0.109 e. The average Bonchev–Trinajstić information content (AvgIpc) is 2.47. The Morgan fingerprint density at radius 2 is 2.06 bits per heavy atom. The van der Waals surface area contributed by atoms with Crippen LogP contribution in [0.5, 0.6) is 0 Å². The molecule has 96 valence electrons. The highest BCUT2D eigenvalue weighted by Gasteiger charge is 2.33. The number of hydrogen-bond donors (Lipinski definition) is 1. The minimum atomic E-state index is -0.352. The van der Waals surface area contributed by atoms with E-state index in [1.54, 1.807) is 12.4 Å². The van der Waals surface area contributed by atoms with Crippen LogP contribution in [0, 0.1) is 11.3 Å². The Balaban J connectivity index is 1.92. The maximum atomic E-state index is 9.44. The Labute approximate surface area is 109 Å². The molecule has 2 rings (SSSR count). The van der Waals surface area contributed by atoms with Gasteiger partial charge >= 0.3 is 0 Å². The summed E-state index contributed by atoms with van der Waals surface area (Å²) in [6, 6.07) is 6.45. The van der Waals surface area contributed by atoms with Gasteiger partial charge in [-0.3, -0.25) is 10.3 Å². The molecule has 0 unspecified atom stereocenters. The van der Waals surface area contributed by atoms with E-state index in [1.807, 2.05) is 12.1 Å². The van der Waals surface area contributed by atoms with Gasteiger partial charge in [-0.15, -0.1) is 0 Å². The van der Waals surface area contributed by atoms with E-state index in [0.29, 0.717) is 0 Å². The summed E-state index contributed by atoms with van der Waals surface area (Å²) in [5.74, 6) is 0. The first-order valence-corrected chi connectivity index (χ1v) is 6.55. The Morgan fingerprint density at radius 3 is 2.61 bits per heavy atom. The topological polar surface area (TPSA) is 52.0 Å². The Hall–Kier alpha value is -1.44. The molecule has 1 aromatic heterocycles. The molecule has 0 atom stereocenters. The van der Waals surface area contributed by atoms with Crippen LogP contribution in [-0.2, 0) is 6.54 Å². The molecular formula is C14H20N4. The second kappa shape index (κ2) is 5.94. The van der Waals surface area contributed by atoms with Crippen molar-refractivity contribution in [1.29, 1.82) is 5.26 Å². The van der Waals surface area contributed by atoms with Crippen LogP contribution in [0.4, 0.5) is 0 Å². The lowest BCUT2D eigenvalue weighted by atomic mass is 9.88. The molecule has 0 saturated carbocycles. The van der Waals surface area contributed by atoms with Crippen LogP contribution < -0.4 is 5.32 Å². The number of nitrogens with zero attached hydrogens (tertiary/aromatic N) is 3. The molecule has 0 radical (unpaired) electrons. The molecule has 1 saturated heterocycles. The van der Waals surface area contributed by atoms with Crippen molar-refractivity contribution >= 4 is 0 Å². The van der Waals surface area contributed by atoms with Crippen LogP contribution in [0.3, 0.4) is 0 Å². The van der Waals surface area contributed by atoms with Gasteiger partial charge in [-0.1, -0.05) is 6.92 Å². The number of nitriles is 1. The van der Waals surface area contributed by atoms with E-state index in [1.165, 1.54) is 5.56 Å². The predicted octanol–water partition coefficient (Wildman–Crippen LogP) is 1.55. The SMILES string of the molecule is CCN1CCC(C#N)(NCc2ccncc2)CC1. The van der Waals surface area contributed by atoms with Crippen LogP contribution in [-0.4, -0.2) is 35.1 Å². The molecule has 2 heterocycles. The molecule has 1 aliphatic heterocycles. The molecule has 0 bridgehead atoms. The molecular weight excluding hydrogens is 224 g/mol. The van der Waals surface area contributed by atoms with Gasteiger partial charge in [-0.2, -0.15) is 5.26 Å². The summed E-state index contributed by atoms with van der Waals surface area (Å²) in [4.78, 5) is 6.39. The lowest BCUT2D eigenvalue weighted by Gasteiger charge is -2.37. The second-order valence-electron chi connectivity index (χ2n) is 4.84. The number of aromatic nitrogens is 1. The van der Waals surface area contributed by atoms with Crippen molar-refractivity contribution < 1.29 is 0 Å². The fraction of sp³-hybridized carbons (Fsp3) is 0.571. The molecule has 0 spiro atoms. The minimum Gasteiger partial charge on any atom is -0.303 e. The summed E-state index contributed by atoms with van der Waals surface area (Å²) in [7, 11) is 0. The molecule has 18 heavy (non-hydrogen) atoms. The van der Waals surface area contributed by atoms with E-state index >= 15 is 0 Å². The van der Waals surface area contributed by atoms with Gasteiger partial charge in [0.1, 0.15) is 5.54 Å². The summed E-state index contributed by atoms with van der Waals surface area (Å²) < 4.78 is 0. The second-order valence-corrected chi connectivity index (χ2v) is 4.84. The highest BCUT2D eigenvalue weighted by Crippen LogP contribution is 2.22. The van der Waals surface area contributed by atoms with Gasteiger partial charge in [0.25, 0.3) is 0 Å². The zero-order chi connectivity index (χ0) is 12.8. The quantitative estimate of drug-likeness (QED) is 0.873. The van der Waals surface area contributed by atoms with Crippen molar-refractivity contribution in [2.24, 2.45) is 0 Å². The summed E-state index contributed by atoms with van der Waals surface area (Å²) in [5, 5.41) is 12.9. The maximum Gasteiger partial charge on any atom is 0.109 e. The van der Waals surface area contributed by atoms with Crippen LogP contribution in [0.25, 0.3) is 0 Å². The van der Waals surface area contributed by atoms with Gasteiger partial charge in [0, 0.05) is 32.0 Å². The normalized spacial score (nSPS) is 19.3. The largest absolute Gasteiger partial charge is 0.303 e. The fourth-order valence-electron chi connectivity index (χ4n) is 2.35. The molecule has 4 nitrogen and oxygen atoms in total. The van der Waals surface area contributed by atoms with Crippen molar-refractivity contribution in [3.8, 4) is 6.07 Å². The van der Waals surface area contributed by atoms with Crippen LogP contribution >= 0.6 is 0 Å². The maximum absolute atomic E-state index is 9.44. The zero-order valence-corrected chi connectivity index (χ0v) is 10.9. The standard InChI is InChI=1S/C14H20N4/c1-2-18-9-5-14(12-15,6-10-18)17-11-13-3-7-16-8-4-13/h3-4,7-8,17H,2,5-6,9-11H2,1H3. The molecule has 4 heteroatoms. The Bertz CT molecular complexity index is 402. The lowest BCUT2D eigenvalue weighted by molar-refractivity contribution is 0.172. The highest BCUT2D eigenvalue weighted by atomic mass is 15.1. The van der Waals surface area contributed by atoms with E-state index in [9.17, 15) is 5.26 Å². The summed E-state index contributed by atoms with van der Waals surface area (Å²) in [5.41, 5.74) is 0.826. The monoisotopic (exact) mass is 244 g/mol. The third-order valence-electron chi connectivity index (χ3n) is 3.75. The van der Waals surface area contributed by atoms with Crippen molar-refractivity contribution in [2.75, 3.05) is 19.6 Å². The van der Waals surface area contributed by atoms with Crippen molar-refractivity contribution in [1.82, 2.24) is 15.2 Å². The third-order valence-corrected chi connectivity index (χ3v) is 3.75. The molecule has 0 amide bonds. The number of hydrogen-bond acceptors (Lipinski definition) is 4. The lowest BCUT2D eigenvalue weighted by Crippen LogP contribution is -2.52. The number of pyridine rings is 1. The first kappa shape index (κ1) is 13.0. The number of rotatable bonds is 4. The van der Waals surface area contributed by atoms with Crippen LogP contribution in [0.1, 0.15) is 25.3 Å². The number of likely N-dealkylation sites (tertiary alicyclic amines) is 1. The van der Waals surface area contributed by atoms with Crippen LogP contribution in [0.2, 0.25) is 0 Å². The summed E-state index contributed by atoms with van der Waals surface area (Å²) in [6.07, 6.45) is 5.39. The number of nitrogens with one attached hydrogen (secondary N) is 1. The first-order chi connectivity index (χ1) is 8.78. The molecule has 0 aromatic carbocycles. The number of piperidine rings is 1. The van der Waals surface area contributed by atoms with Crippen molar-refractivity contribution in [3.05, 3.63) is 30.1 Å². The molecule has 1 aromatic rings. The summed E-state index contributed by atoms with van der Waals surface area (Å²) in [6.45, 7) is 6.00. The summed E-state index contributed by atoms with van der Waals surface area (Å²) >= 11 is 0. The van der Waals surface area contributed by atoms with Gasteiger partial charge < -0.3 is 4.90 Å². The molecule has 1 aliphatic rings. The average molecular weight is 244 g/mol. The van der Waals surface area contributed by atoms with Crippen molar-refractivity contribution in [3.63, 3.8) is 0 Å². The first-order valence-electron chi connectivity index (χ1n) is 6.55. The van der Waals surface area contributed by atoms with Crippen LogP contribution in [0.15, 0.2) is 24.5 Å². The van der Waals surface area contributed by atoms with E-state index in [4.69, 9.17) is 0 Å². The van der Waals surface area contributed by atoms with Gasteiger partial charge in [-0.25, -0.2) is 0 Å². The molecule has 0 aliphatic carbocycles. The van der Waals surface area contributed by atoms with Gasteiger partial charge in [0.15, 0.2) is 0 Å². The van der Waals surface area contributed by atoms with E-state index in [2.05, 4.69) is 28.2 Å². The van der Waals surface area contributed by atoms with Gasteiger partial charge in [0.05, 0.1) is 6.07 Å². The van der Waals surface area contributed by atoms with Gasteiger partial charge in [0.2, 0.25) is 0 Å². The third kappa shape index (κ3) is 3.06. The fourth-order valence-corrected chi connectivity index (χ4v) is 2.35. The van der Waals surface area contributed by atoms with E-state index in [-0.39, 0.29) is 5.54 Å². The van der Waals surface area contributed by atoms with E-state index < -0.39 is 0 Å². The predicted molar refractivity (Wildman–Crippen MR) is 70.8 cm³/mol. The molecule has 1 N–H and O–H groups in total. The minimum absolute atomic E-state index is 0.352. The van der Waals surface area contributed by atoms with Crippen molar-refractivity contribution in [2.45, 2.75) is 31.8 Å². The Kier molecular flexibility index (Phi) is 4.29. The highest BCUT2D eigenvalue weighted by molar-refractivity contribution is 5.14. The van der Waals surface area contributed by atoms with Gasteiger partial charge in [-0.05, 0) is 37.1 Å². The molecule has 1 fully saturated rings. The zero-order valence-electron chi connectivity index (χ0n) is 10.9.